The largest absolute Gasteiger partial charge is 0.383 e. The van der Waals surface area contributed by atoms with Gasteiger partial charge in [0.25, 0.3) is 0 Å². The second kappa shape index (κ2) is 8.69. The van der Waals surface area contributed by atoms with Crippen molar-refractivity contribution in [3.8, 4) is 0 Å². The first kappa shape index (κ1) is 21.2. The number of benzene rings is 2. The van der Waals surface area contributed by atoms with Gasteiger partial charge < -0.3 is 5.32 Å². The first-order chi connectivity index (χ1) is 12.1. The fourth-order valence-electron chi connectivity index (χ4n) is 2.60. The smallest absolute Gasteiger partial charge is 0.246 e. The minimum atomic E-state index is -4.03. The van der Waals surface area contributed by atoms with Gasteiger partial charge in [-0.3, -0.25) is 0 Å². The number of likely N-dealkylation sites (N-methyl/N-ethyl adjacent to an activating group) is 1. The molecule has 0 saturated carbocycles. The fourth-order valence-corrected chi connectivity index (χ4v) is 4.80. The van der Waals surface area contributed by atoms with E-state index in [0.717, 1.165) is 11.8 Å². The van der Waals surface area contributed by atoms with Crippen molar-refractivity contribution in [3.63, 3.8) is 0 Å². The van der Waals surface area contributed by atoms with Crippen LogP contribution in [0.1, 0.15) is 13.8 Å². The number of halogens is 3. The molecule has 0 saturated heterocycles. The summed E-state index contributed by atoms with van der Waals surface area (Å²) in [6, 6.07) is 11.3. The predicted molar refractivity (Wildman–Crippen MR) is 108 cm³/mol. The van der Waals surface area contributed by atoms with Gasteiger partial charge in [0.05, 0.1) is 5.02 Å². The molecule has 0 aliphatic heterocycles. The molecule has 2 rings (SSSR count). The maximum atomic E-state index is 14.3. The average molecular weight is 464 g/mol. The van der Waals surface area contributed by atoms with E-state index in [-0.39, 0.29) is 17.0 Å². The van der Waals surface area contributed by atoms with Crippen molar-refractivity contribution in [1.82, 2.24) is 4.31 Å². The van der Waals surface area contributed by atoms with Crippen molar-refractivity contribution in [2.75, 3.05) is 18.9 Å². The van der Waals surface area contributed by atoms with Gasteiger partial charge >= 0.3 is 0 Å². The van der Waals surface area contributed by atoms with E-state index in [0.29, 0.717) is 11.0 Å². The Labute approximate surface area is 167 Å². The van der Waals surface area contributed by atoms with Crippen molar-refractivity contribution in [1.29, 1.82) is 0 Å². The van der Waals surface area contributed by atoms with Crippen LogP contribution in [0.2, 0.25) is 5.02 Å². The molecule has 1 unspecified atom stereocenters. The summed E-state index contributed by atoms with van der Waals surface area (Å²) in [7, 11) is -2.56. The van der Waals surface area contributed by atoms with Crippen LogP contribution in [-0.2, 0) is 10.0 Å². The van der Waals surface area contributed by atoms with Crippen LogP contribution in [0.4, 0.5) is 10.1 Å². The molecule has 0 spiro atoms. The molecule has 26 heavy (non-hydrogen) atoms. The van der Waals surface area contributed by atoms with E-state index in [1.54, 1.807) is 0 Å². The van der Waals surface area contributed by atoms with Crippen LogP contribution < -0.4 is 5.32 Å². The van der Waals surface area contributed by atoms with E-state index < -0.39 is 20.7 Å². The van der Waals surface area contributed by atoms with Crippen molar-refractivity contribution >= 4 is 43.2 Å². The van der Waals surface area contributed by atoms with E-state index in [4.69, 9.17) is 11.6 Å². The van der Waals surface area contributed by atoms with Gasteiger partial charge in [0.1, 0.15) is 10.7 Å². The number of sulfonamides is 1. The molecular weight excluding hydrogens is 443 g/mol. The third-order valence-electron chi connectivity index (χ3n) is 4.16. The van der Waals surface area contributed by atoms with Crippen LogP contribution in [0.3, 0.4) is 0 Å². The normalized spacial score (nSPS) is 13.2. The molecule has 0 aliphatic rings. The number of nitrogens with zero attached hydrogens (tertiary/aromatic N) is 1. The van der Waals surface area contributed by atoms with Crippen molar-refractivity contribution < 1.29 is 12.8 Å². The summed E-state index contributed by atoms with van der Waals surface area (Å²) in [4.78, 5) is -0.401. The van der Waals surface area contributed by atoms with Crippen LogP contribution in [0.5, 0.6) is 0 Å². The first-order valence-electron chi connectivity index (χ1n) is 8.06. The summed E-state index contributed by atoms with van der Waals surface area (Å²) >= 11 is 9.00. The van der Waals surface area contributed by atoms with Crippen LogP contribution in [-0.4, -0.2) is 32.4 Å². The van der Waals surface area contributed by atoms with Crippen LogP contribution in [0.25, 0.3) is 0 Å². The Morgan fingerprint density at radius 3 is 2.42 bits per heavy atom. The second-order valence-corrected chi connectivity index (χ2v) is 9.50. The van der Waals surface area contributed by atoms with Crippen molar-refractivity contribution in [2.24, 2.45) is 5.92 Å². The summed E-state index contributed by atoms with van der Waals surface area (Å²) < 4.78 is 41.8. The molecule has 0 amide bonds. The van der Waals surface area contributed by atoms with Crippen LogP contribution in [0, 0.1) is 11.7 Å². The van der Waals surface area contributed by atoms with E-state index in [1.165, 1.54) is 17.4 Å². The van der Waals surface area contributed by atoms with Crippen molar-refractivity contribution in [3.05, 3.63) is 57.8 Å². The van der Waals surface area contributed by atoms with Gasteiger partial charge in [-0.1, -0.05) is 43.6 Å². The number of hydrogen-bond donors (Lipinski definition) is 1. The number of anilines is 1. The lowest BCUT2D eigenvalue weighted by molar-refractivity contribution is 0.305. The third kappa shape index (κ3) is 4.76. The molecule has 0 fully saturated rings. The number of rotatable bonds is 7. The standard InChI is InChI=1S/C18H21BrClFN2O2S/c1-12(2)17(11-22-13-7-5-4-6-8-13)23(3)26(24,25)18-9-14(19)15(20)10-16(18)21/h4-10,12,17,22H,11H2,1-3H3. The number of hydrogen-bond acceptors (Lipinski definition) is 3. The topological polar surface area (TPSA) is 49.4 Å². The summed E-state index contributed by atoms with van der Waals surface area (Å²) in [5.74, 6) is -0.853. The zero-order valence-corrected chi connectivity index (χ0v) is 17.9. The van der Waals surface area contributed by atoms with E-state index >= 15 is 0 Å². The highest BCUT2D eigenvalue weighted by atomic mass is 79.9. The third-order valence-corrected chi connectivity index (χ3v) is 7.25. The second-order valence-electron chi connectivity index (χ2n) is 6.28. The van der Waals surface area contributed by atoms with Crippen LogP contribution in [0.15, 0.2) is 51.8 Å². The highest BCUT2D eigenvalue weighted by molar-refractivity contribution is 9.10. The van der Waals surface area contributed by atoms with Gasteiger partial charge in [-0.15, -0.1) is 0 Å². The molecule has 1 atom stereocenters. The lowest BCUT2D eigenvalue weighted by Gasteiger charge is -2.31. The molecular formula is C18H21BrClFN2O2S. The summed E-state index contributed by atoms with van der Waals surface area (Å²) in [5.41, 5.74) is 0.893. The Balaban J connectivity index is 2.29. The van der Waals surface area contributed by atoms with Gasteiger partial charge in [-0.25, -0.2) is 12.8 Å². The molecule has 2 aromatic rings. The van der Waals surface area contributed by atoms with Gasteiger partial charge in [0, 0.05) is 29.8 Å². The minimum absolute atomic E-state index is 0.0183. The number of para-hydroxylation sites is 1. The zero-order chi connectivity index (χ0) is 19.5. The van der Waals surface area contributed by atoms with Crippen molar-refractivity contribution in [2.45, 2.75) is 24.8 Å². The van der Waals surface area contributed by atoms with Crippen LogP contribution >= 0.6 is 27.5 Å². The minimum Gasteiger partial charge on any atom is -0.383 e. The summed E-state index contributed by atoms with van der Waals surface area (Å²) in [5, 5.41) is 3.36. The Bertz CT molecular complexity index is 863. The van der Waals surface area contributed by atoms with E-state index in [2.05, 4.69) is 21.2 Å². The lowest BCUT2D eigenvalue weighted by atomic mass is 10.0. The molecule has 4 nitrogen and oxygen atoms in total. The SMILES string of the molecule is CC(C)C(CNc1ccccc1)N(C)S(=O)(=O)c1cc(Br)c(Cl)cc1F. The Hall–Kier alpha value is -1.15. The summed E-state index contributed by atoms with van der Waals surface area (Å²) in [6.07, 6.45) is 0. The molecule has 0 bridgehead atoms. The van der Waals surface area contributed by atoms with Gasteiger partial charge in [-0.2, -0.15) is 4.31 Å². The highest BCUT2D eigenvalue weighted by Gasteiger charge is 2.32. The van der Waals surface area contributed by atoms with E-state index in [1.807, 2.05) is 44.2 Å². The molecule has 1 N–H and O–H groups in total. The molecule has 2 aromatic carbocycles. The van der Waals surface area contributed by atoms with Gasteiger partial charge in [-0.05, 0) is 46.1 Å². The summed E-state index contributed by atoms with van der Waals surface area (Å²) in [6.45, 7) is 4.25. The monoisotopic (exact) mass is 462 g/mol. The fraction of sp³-hybridized carbons (Fsp3) is 0.333. The average Bonchev–Trinajstić information content (AvgIpc) is 2.58. The zero-order valence-electron chi connectivity index (χ0n) is 14.7. The molecule has 0 radical (unpaired) electrons. The molecule has 0 heterocycles. The first-order valence-corrected chi connectivity index (χ1v) is 10.7. The molecule has 0 aliphatic carbocycles. The molecule has 142 valence electrons. The molecule has 8 heteroatoms. The Kier molecular flexibility index (Phi) is 7.07. The quantitative estimate of drug-likeness (QED) is 0.588. The Morgan fingerprint density at radius 2 is 1.85 bits per heavy atom. The highest BCUT2D eigenvalue weighted by Crippen LogP contribution is 2.30. The Morgan fingerprint density at radius 1 is 1.23 bits per heavy atom. The van der Waals surface area contributed by atoms with Gasteiger partial charge in [0.15, 0.2) is 0 Å². The maximum Gasteiger partial charge on any atom is 0.246 e. The van der Waals surface area contributed by atoms with Gasteiger partial charge in [0.2, 0.25) is 10.0 Å². The lowest BCUT2D eigenvalue weighted by Crippen LogP contribution is -2.44. The maximum absolute atomic E-state index is 14.3. The van der Waals surface area contributed by atoms with E-state index in [9.17, 15) is 12.8 Å². The predicted octanol–water partition coefficient (Wildman–Crippen LogP) is 5.00. The number of nitrogens with one attached hydrogen (secondary N) is 1. The molecule has 0 aromatic heterocycles.